The molecular formula is C27H36N6OS. The number of fused-ring (bicyclic) bond motifs is 1. The van der Waals surface area contributed by atoms with Crippen molar-refractivity contribution in [3.63, 3.8) is 0 Å². The van der Waals surface area contributed by atoms with Crippen molar-refractivity contribution in [2.45, 2.75) is 33.1 Å². The molecule has 0 spiro atoms. The van der Waals surface area contributed by atoms with Gasteiger partial charge in [-0.05, 0) is 69.0 Å². The summed E-state index contributed by atoms with van der Waals surface area (Å²) in [5, 5.41) is 4.19. The van der Waals surface area contributed by atoms with Gasteiger partial charge in [-0.3, -0.25) is 9.69 Å². The van der Waals surface area contributed by atoms with Crippen LogP contribution in [0, 0.1) is 19.8 Å². The van der Waals surface area contributed by atoms with Gasteiger partial charge < -0.3 is 15.1 Å². The van der Waals surface area contributed by atoms with E-state index in [4.69, 9.17) is 4.98 Å². The monoisotopic (exact) mass is 492 g/mol. The first kappa shape index (κ1) is 24.0. The summed E-state index contributed by atoms with van der Waals surface area (Å²) in [6, 6.07) is 10.6. The fourth-order valence-corrected chi connectivity index (χ4v) is 6.13. The van der Waals surface area contributed by atoms with Crippen molar-refractivity contribution < 1.29 is 4.79 Å². The molecule has 5 rings (SSSR count). The molecule has 1 unspecified atom stereocenters. The van der Waals surface area contributed by atoms with Crippen LogP contribution in [0.2, 0.25) is 0 Å². The van der Waals surface area contributed by atoms with Crippen LogP contribution in [0.25, 0.3) is 10.3 Å². The molecule has 2 saturated heterocycles. The highest BCUT2D eigenvalue weighted by molar-refractivity contribution is 7.21. The van der Waals surface area contributed by atoms with E-state index in [0.29, 0.717) is 0 Å². The molecule has 0 aliphatic carbocycles. The number of nitrogens with one attached hydrogen (secondary N) is 1. The summed E-state index contributed by atoms with van der Waals surface area (Å²) in [5.74, 6) is 0.221. The number of carbonyl (C=O) groups excluding carboxylic acids is 1. The third kappa shape index (κ3) is 5.76. The molecule has 3 aromatic rings. The number of aromatic nitrogens is 2. The first-order chi connectivity index (χ1) is 17.1. The van der Waals surface area contributed by atoms with Crippen LogP contribution in [0.5, 0.6) is 0 Å². The predicted molar refractivity (Wildman–Crippen MR) is 145 cm³/mol. The third-order valence-corrected chi connectivity index (χ3v) is 8.29. The Kier molecular flexibility index (Phi) is 7.48. The van der Waals surface area contributed by atoms with Crippen LogP contribution in [0.15, 0.2) is 36.5 Å². The van der Waals surface area contributed by atoms with E-state index < -0.39 is 0 Å². The van der Waals surface area contributed by atoms with E-state index in [1.807, 2.05) is 18.3 Å². The van der Waals surface area contributed by atoms with Gasteiger partial charge in [0.15, 0.2) is 5.13 Å². The number of hydrogen-bond donors (Lipinski definition) is 1. The number of benzene rings is 1. The summed E-state index contributed by atoms with van der Waals surface area (Å²) in [6.45, 7) is 12.1. The van der Waals surface area contributed by atoms with E-state index in [0.717, 1.165) is 87.1 Å². The first-order valence-electron chi connectivity index (χ1n) is 12.9. The maximum Gasteiger partial charge on any atom is 0.224 e. The van der Waals surface area contributed by atoms with Crippen molar-refractivity contribution in [3.8, 4) is 0 Å². The highest BCUT2D eigenvalue weighted by Crippen LogP contribution is 2.30. The minimum Gasteiger partial charge on any atom is -0.369 e. The number of thiazole rings is 1. The highest BCUT2D eigenvalue weighted by atomic mass is 32.1. The zero-order valence-electron chi connectivity index (χ0n) is 20.9. The Balaban J connectivity index is 1.03. The molecule has 0 bridgehead atoms. The number of nitrogens with zero attached hydrogens (tertiary/aromatic N) is 5. The maximum atomic E-state index is 12.9. The summed E-state index contributed by atoms with van der Waals surface area (Å²) in [5.41, 5.74) is 4.99. The number of rotatable bonds is 7. The summed E-state index contributed by atoms with van der Waals surface area (Å²) in [7, 11) is 0. The Hall–Kier alpha value is -2.71. The molecule has 1 aromatic carbocycles. The Morgan fingerprint density at radius 1 is 1.11 bits per heavy atom. The number of hydrogen-bond acceptors (Lipinski definition) is 7. The summed E-state index contributed by atoms with van der Waals surface area (Å²) < 4.78 is 0. The number of carbonyl (C=O) groups is 1. The SMILES string of the molecule is Cc1ccc(C)c(N2CCN(CCCNC(=O)C3CCCN(c4nc5cccnc5s4)C3)CC2)c1. The fraction of sp³-hybridized carbons (Fsp3) is 0.519. The summed E-state index contributed by atoms with van der Waals surface area (Å²) in [4.78, 5) is 30.3. The topological polar surface area (TPSA) is 64.6 Å². The Morgan fingerprint density at radius 2 is 1.97 bits per heavy atom. The Labute approximate surface area is 212 Å². The molecule has 0 saturated carbocycles. The maximum absolute atomic E-state index is 12.9. The molecule has 2 aliphatic heterocycles. The van der Waals surface area contributed by atoms with Crippen molar-refractivity contribution >= 4 is 38.4 Å². The molecule has 2 aromatic heterocycles. The lowest BCUT2D eigenvalue weighted by atomic mass is 9.97. The standard InChI is InChI=1S/C27H36N6OS/c1-20-8-9-21(2)24(18-20)32-16-14-31(15-17-32)12-5-11-28-25(34)22-6-4-13-33(19-22)27-30-23-7-3-10-29-26(23)35-27/h3,7-10,18,22H,4-6,11-17,19H2,1-2H3,(H,28,34). The molecule has 2 fully saturated rings. The molecule has 186 valence electrons. The van der Waals surface area contributed by atoms with Gasteiger partial charge in [-0.2, -0.15) is 0 Å². The minimum absolute atomic E-state index is 0.0323. The minimum atomic E-state index is 0.0323. The van der Waals surface area contributed by atoms with E-state index >= 15 is 0 Å². The zero-order chi connectivity index (χ0) is 24.2. The largest absolute Gasteiger partial charge is 0.369 e. The molecule has 2 aliphatic rings. The van der Waals surface area contributed by atoms with Gasteiger partial charge in [0.05, 0.1) is 5.92 Å². The average Bonchev–Trinajstić information content (AvgIpc) is 3.33. The average molecular weight is 493 g/mol. The number of piperazine rings is 1. The number of piperidine rings is 1. The molecule has 1 N–H and O–H groups in total. The van der Waals surface area contributed by atoms with Crippen LogP contribution in [-0.4, -0.2) is 73.1 Å². The Morgan fingerprint density at radius 3 is 2.80 bits per heavy atom. The van der Waals surface area contributed by atoms with E-state index in [2.05, 4.69) is 57.0 Å². The van der Waals surface area contributed by atoms with Crippen LogP contribution < -0.4 is 15.1 Å². The normalized spacial score (nSPS) is 19.3. The second-order valence-electron chi connectivity index (χ2n) is 9.87. The molecule has 1 atom stereocenters. The van der Waals surface area contributed by atoms with Gasteiger partial charge in [0.1, 0.15) is 10.3 Å². The zero-order valence-corrected chi connectivity index (χ0v) is 21.7. The van der Waals surface area contributed by atoms with Crippen LogP contribution in [0.4, 0.5) is 10.8 Å². The Bertz CT molecular complexity index is 1120. The number of pyridine rings is 1. The molecule has 35 heavy (non-hydrogen) atoms. The van der Waals surface area contributed by atoms with E-state index in [-0.39, 0.29) is 11.8 Å². The van der Waals surface area contributed by atoms with Crippen molar-refractivity contribution in [3.05, 3.63) is 47.7 Å². The first-order valence-corrected chi connectivity index (χ1v) is 13.7. The second kappa shape index (κ2) is 10.9. The highest BCUT2D eigenvalue weighted by Gasteiger charge is 2.27. The van der Waals surface area contributed by atoms with E-state index in [1.54, 1.807) is 11.3 Å². The smallest absolute Gasteiger partial charge is 0.224 e. The molecule has 7 nitrogen and oxygen atoms in total. The molecule has 4 heterocycles. The lowest BCUT2D eigenvalue weighted by Gasteiger charge is -2.37. The van der Waals surface area contributed by atoms with Gasteiger partial charge in [-0.1, -0.05) is 23.5 Å². The molecular weight excluding hydrogens is 456 g/mol. The van der Waals surface area contributed by atoms with Gasteiger partial charge >= 0.3 is 0 Å². The lowest BCUT2D eigenvalue weighted by molar-refractivity contribution is -0.125. The van der Waals surface area contributed by atoms with E-state index in [9.17, 15) is 4.79 Å². The van der Waals surface area contributed by atoms with Crippen molar-refractivity contribution in [2.75, 3.05) is 62.2 Å². The number of anilines is 2. The van der Waals surface area contributed by atoms with Crippen molar-refractivity contribution in [2.24, 2.45) is 5.92 Å². The number of amides is 1. The van der Waals surface area contributed by atoms with Gasteiger partial charge in [-0.25, -0.2) is 9.97 Å². The third-order valence-electron chi connectivity index (χ3n) is 7.25. The van der Waals surface area contributed by atoms with Gasteiger partial charge in [0.25, 0.3) is 0 Å². The van der Waals surface area contributed by atoms with Crippen LogP contribution in [-0.2, 0) is 4.79 Å². The predicted octanol–water partition coefficient (Wildman–Crippen LogP) is 3.85. The summed E-state index contributed by atoms with van der Waals surface area (Å²) in [6.07, 6.45) is 4.77. The molecule has 0 radical (unpaired) electrons. The fourth-order valence-electron chi connectivity index (χ4n) is 5.19. The molecule has 1 amide bonds. The van der Waals surface area contributed by atoms with Crippen LogP contribution >= 0.6 is 11.3 Å². The van der Waals surface area contributed by atoms with E-state index in [1.165, 1.54) is 16.8 Å². The van der Waals surface area contributed by atoms with Crippen molar-refractivity contribution in [1.29, 1.82) is 0 Å². The summed E-state index contributed by atoms with van der Waals surface area (Å²) >= 11 is 1.62. The van der Waals surface area contributed by atoms with Crippen molar-refractivity contribution in [1.82, 2.24) is 20.2 Å². The number of aryl methyl sites for hydroxylation is 2. The molecule has 8 heteroatoms. The van der Waals surface area contributed by atoms with Gasteiger partial charge in [0, 0.05) is 57.7 Å². The van der Waals surface area contributed by atoms with Crippen LogP contribution in [0.3, 0.4) is 0 Å². The van der Waals surface area contributed by atoms with Gasteiger partial charge in [-0.15, -0.1) is 0 Å². The quantitative estimate of drug-likeness (QED) is 0.506. The van der Waals surface area contributed by atoms with Gasteiger partial charge in [0.2, 0.25) is 5.91 Å². The lowest BCUT2D eigenvalue weighted by Crippen LogP contribution is -2.47. The second-order valence-corrected chi connectivity index (χ2v) is 10.8. The van der Waals surface area contributed by atoms with Crippen LogP contribution in [0.1, 0.15) is 30.4 Å².